The molecule has 0 radical (unpaired) electrons. The number of nitriles is 1. The molecule has 4 aromatic rings. The van der Waals surface area contributed by atoms with Crippen molar-refractivity contribution >= 4 is 21.6 Å². The molecule has 0 unspecified atom stereocenters. The number of aryl methyl sites for hydroxylation is 2. The van der Waals surface area contributed by atoms with Gasteiger partial charge in [-0.25, -0.2) is 8.42 Å². The van der Waals surface area contributed by atoms with Crippen molar-refractivity contribution in [3.8, 4) is 6.07 Å². The molecule has 8 nitrogen and oxygen atoms in total. The molecule has 1 aliphatic rings. The van der Waals surface area contributed by atoms with E-state index < -0.39 is 10.0 Å². The van der Waals surface area contributed by atoms with Crippen LogP contribution in [0.15, 0.2) is 83.8 Å². The average Bonchev–Trinajstić information content (AvgIpc) is 3.26. The molecule has 192 valence electrons. The van der Waals surface area contributed by atoms with Crippen molar-refractivity contribution in [2.45, 2.75) is 31.3 Å². The van der Waals surface area contributed by atoms with Gasteiger partial charge in [0.1, 0.15) is 0 Å². The Kier molecular flexibility index (Phi) is 6.85. The van der Waals surface area contributed by atoms with E-state index in [2.05, 4.69) is 0 Å². The third-order valence-corrected chi connectivity index (χ3v) is 8.69. The molecule has 1 amide bonds. The number of anilines is 1. The van der Waals surface area contributed by atoms with E-state index in [1.54, 1.807) is 9.58 Å². The number of carbonyl (C=O) groups is 1. The van der Waals surface area contributed by atoms with Gasteiger partial charge in [0.25, 0.3) is 5.91 Å². The van der Waals surface area contributed by atoms with E-state index in [0.717, 1.165) is 22.5 Å². The zero-order valence-electron chi connectivity index (χ0n) is 21.2. The molecule has 9 heteroatoms. The van der Waals surface area contributed by atoms with Crippen molar-refractivity contribution in [1.29, 1.82) is 5.26 Å². The average molecular weight is 526 g/mol. The normalized spacial score (nSPS) is 13.5. The van der Waals surface area contributed by atoms with Crippen LogP contribution in [0.4, 0.5) is 5.69 Å². The number of sulfonamides is 1. The van der Waals surface area contributed by atoms with E-state index in [-0.39, 0.29) is 23.9 Å². The number of carbonyl (C=O) groups excluding carboxylic acids is 1. The van der Waals surface area contributed by atoms with Gasteiger partial charge in [-0.2, -0.15) is 14.7 Å². The molecule has 0 fully saturated rings. The number of hydrogen-bond donors (Lipinski definition) is 0. The molecular weight excluding hydrogens is 498 g/mol. The van der Waals surface area contributed by atoms with Crippen LogP contribution in [0.2, 0.25) is 0 Å². The summed E-state index contributed by atoms with van der Waals surface area (Å²) in [4.78, 5) is 15.5. The molecule has 3 aromatic carbocycles. The van der Waals surface area contributed by atoms with Gasteiger partial charge in [-0.05, 0) is 55.5 Å². The summed E-state index contributed by atoms with van der Waals surface area (Å²) in [5.74, 6) is -0.159. The minimum atomic E-state index is -3.77. The molecule has 0 saturated carbocycles. The van der Waals surface area contributed by atoms with Crippen molar-refractivity contribution in [3.05, 3.63) is 113 Å². The van der Waals surface area contributed by atoms with Gasteiger partial charge in [0.15, 0.2) is 0 Å². The number of para-hydroxylation sites is 1. The second kappa shape index (κ2) is 10.2. The second-order valence-corrected chi connectivity index (χ2v) is 11.3. The fourth-order valence-electron chi connectivity index (χ4n) is 4.72. The van der Waals surface area contributed by atoms with Crippen LogP contribution in [-0.2, 0) is 36.6 Å². The lowest BCUT2D eigenvalue weighted by Crippen LogP contribution is -2.37. The van der Waals surface area contributed by atoms with Crippen molar-refractivity contribution < 1.29 is 13.2 Å². The van der Waals surface area contributed by atoms with Crippen molar-refractivity contribution in [3.63, 3.8) is 0 Å². The van der Waals surface area contributed by atoms with Crippen molar-refractivity contribution in [1.82, 2.24) is 14.1 Å². The van der Waals surface area contributed by atoms with E-state index in [1.807, 2.05) is 74.6 Å². The van der Waals surface area contributed by atoms with E-state index in [1.165, 1.54) is 28.6 Å². The SMILES string of the molecule is Cc1ccc(C(=O)N(Cc2nn(C)c3c2CN(S(=O)(=O)c2ccc(C#N)cc2)CC3)c2ccccc2)cc1. The summed E-state index contributed by atoms with van der Waals surface area (Å²) in [5.41, 5.74) is 5.20. The van der Waals surface area contributed by atoms with Crippen molar-refractivity contribution in [2.24, 2.45) is 7.05 Å². The van der Waals surface area contributed by atoms with Crippen LogP contribution in [0.1, 0.15) is 38.4 Å². The number of amides is 1. The summed E-state index contributed by atoms with van der Waals surface area (Å²) in [6, 6.07) is 24.8. The largest absolute Gasteiger partial charge is 0.302 e. The Morgan fingerprint density at radius 1 is 1.03 bits per heavy atom. The molecule has 0 saturated heterocycles. The molecule has 0 aliphatic carbocycles. The maximum Gasteiger partial charge on any atom is 0.258 e. The lowest BCUT2D eigenvalue weighted by Gasteiger charge is -2.28. The minimum Gasteiger partial charge on any atom is -0.302 e. The van der Waals surface area contributed by atoms with Gasteiger partial charge >= 0.3 is 0 Å². The second-order valence-electron chi connectivity index (χ2n) is 9.31. The van der Waals surface area contributed by atoms with Crippen LogP contribution < -0.4 is 4.90 Å². The third kappa shape index (κ3) is 4.84. The third-order valence-electron chi connectivity index (χ3n) is 6.83. The zero-order valence-corrected chi connectivity index (χ0v) is 22.0. The molecule has 2 heterocycles. The van der Waals surface area contributed by atoms with Crippen LogP contribution in [0, 0.1) is 18.3 Å². The maximum atomic E-state index is 13.7. The van der Waals surface area contributed by atoms with Gasteiger partial charge in [0.05, 0.1) is 28.8 Å². The highest BCUT2D eigenvalue weighted by Gasteiger charge is 2.33. The zero-order chi connectivity index (χ0) is 26.9. The Hall–Kier alpha value is -4.26. The molecule has 0 bridgehead atoms. The highest BCUT2D eigenvalue weighted by Crippen LogP contribution is 2.29. The Balaban J connectivity index is 1.48. The van der Waals surface area contributed by atoms with Crippen LogP contribution in [-0.4, -0.2) is 35.0 Å². The predicted octanol–water partition coefficient (Wildman–Crippen LogP) is 4.19. The molecule has 0 spiro atoms. The maximum absolute atomic E-state index is 13.7. The molecule has 1 aromatic heterocycles. The van der Waals surface area contributed by atoms with Crippen LogP contribution >= 0.6 is 0 Å². The van der Waals surface area contributed by atoms with E-state index in [9.17, 15) is 13.2 Å². The topological polar surface area (TPSA) is 99.3 Å². The Labute approximate surface area is 222 Å². The summed E-state index contributed by atoms with van der Waals surface area (Å²) >= 11 is 0. The lowest BCUT2D eigenvalue weighted by atomic mass is 10.1. The first-order chi connectivity index (χ1) is 18.3. The number of hydrogen-bond acceptors (Lipinski definition) is 5. The molecule has 38 heavy (non-hydrogen) atoms. The molecule has 1 aliphatic heterocycles. The Morgan fingerprint density at radius 3 is 2.37 bits per heavy atom. The number of fused-ring (bicyclic) bond motifs is 1. The van der Waals surface area contributed by atoms with Gasteiger partial charge in [-0.3, -0.25) is 9.48 Å². The van der Waals surface area contributed by atoms with E-state index in [4.69, 9.17) is 10.4 Å². The Morgan fingerprint density at radius 2 is 1.71 bits per heavy atom. The van der Waals surface area contributed by atoms with Crippen LogP contribution in [0.25, 0.3) is 0 Å². The molecular formula is C29H27N5O3S. The quantitative estimate of drug-likeness (QED) is 0.376. The first-order valence-corrected chi connectivity index (χ1v) is 13.7. The fraction of sp³-hybridized carbons (Fsp3) is 0.207. The lowest BCUT2D eigenvalue weighted by molar-refractivity contribution is 0.0984. The van der Waals surface area contributed by atoms with E-state index in [0.29, 0.717) is 29.8 Å². The van der Waals surface area contributed by atoms with Gasteiger partial charge in [0.2, 0.25) is 10.0 Å². The fourth-order valence-corrected chi connectivity index (χ4v) is 6.13. The number of nitrogens with zero attached hydrogens (tertiary/aromatic N) is 5. The summed E-state index contributed by atoms with van der Waals surface area (Å²) < 4.78 is 30.1. The summed E-state index contributed by atoms with van der Waals surface area (Å²) in [7, 11) is -1.93. The van der Waals surface area contributed by atoms with Crippen molar-refractivity contribution in [2.75, 3.05) is 11.4 Å². The highest BCUT2D eigenvalue weighted by molar-refractivity contribution is 7.89. The highest BCUT2D eigenvalue weighted by atomic mass is 32.2. The number of benzene rings is 3. The van der Waals surface area contributed by atoms with Crippen LogP contribution in [0.5, 0.6) is 0 Å². The monoisotopic (exact) mass is 525 g/mol. The molecule has 0 N–H and O–H groups in total. The van der Waals surface area contributed by atoms with Gasteiger partial charge in [0, 0.05) is 49.1 Å². The number of aromatic nitrogens is 2. The summed E-state index contributed by atoms with van der Waals surface area (Å²) in [6.45, 7) is 2.65. The van der Waals surface area contributed by atoms with Crippen LogP contribution in [0.3, 0.4) is 0 Å². The number of rotatable bonds is 6. The molecule has 0 atom stereocenters. The van der Waals surface area contributed by atoms with Gasteiger partial charge in [-0.1, -0.05) is 35.9 Å². The molecule has 5 rings (SSSR count). The van der Waals surface area contributed by atoms with Gasteiger partial charge < -0.3 is 4.90 Å². The first kappa shape index (κ1) is 25.4. The predicted molar refractivity (Wildman–Crippen MR) is 144 cm³/mol. The Bertz CT molecular complexity index is 1620. The van der Waals surface area contributed by atoms with Gasteiger partial charge in [-0.15, -0.1) is 0 Å². The summed E-state index contributed by atoms with van der Waals surface area (Å²) in [5, 5.41) is 13.8. The van der Waals surface area contributed by atoms with E-state index >= 15 is 0 Å². The first-order valence-electron chi connectivity index (χ1n) is 12.3. The smallest absolute Gasteiger partial charge is 0.258 e. The minimum absolute atomic E-state index is 0.144. The summed E-state index contributed by atoms with van der Waals surface area (Å²) in [6.07, 6.45) is 0.506. The standard InChI is InChI=1S/C29H27N5O3S/c1-21-8-12-23(13-9-21)29(35)34(24-6-4-3-5-7-24)20-27-26-19-33(17-16-28(26)32(2)31-27)38(36,37)25-14-10-22(18-30)11-15-25/h3-15H,16-17,19-20H2,1-2H3.